The first kappa shape index (κ1) is 18.3. The molecule has 27 heavy (non-hydrogen) atoms. The van der Waals surface area contributed by atoms with E-state index in [2.05, 4.69) is 20.6 Å². The maximum absolute atomic E-state index is 12.4. The first-order chi connectivity index (χ1) is 13.0. The molecular formula is C18H19N5O4. The van der Waals surface area contributed by atoms with Crippen molar-refractivity contribution in [3.05, 3.63) is 58.5 Å². The lowest BCUT2D eigenvalue weighted by molar-refractivity contribution is -0.124. The monoisotopic (exact) mass is 369 g/mol. The van der Waals surface area contributed by atoms with Crippen LogP contribution in [0.3, 0.4) is 0 Å². The standard InChI is InChI=1S/C18H19N5O4/c1-11(18(25)19-10-16-21-20-12(2)27-16)23-17(24)9-8-15(22-23)13-4-6-14(26-3)7-5-13/h4-9,11H,10H2,1-3H3,(H,19,25). The summed E-state index contributed by atoms with van der Waals surface area (Å²) >= 11 is 0. The Balaban J connectivity index is 1.77. The third kappa shape index (κ3) is 4.20. The molecule has 1 N–H and O–H groups in total. The van der Waals surface area contributed by atoms with E-state index < -0.39 is 6.04 Å². The number of rotatable bonds is 6. The first-order valence-corrected chi connectivity index (χ1v) is 8.29. The highest BCUT2D eigenvalue weighted by Gasteiger charge is 2.18. The highest BCUT2D eigenvalue weighted by Crippen LogP contribution is 2.20. The molecule has 1 aromatic carbocycles. The van der Waals surface area contributed by atoms with E-state index in [9.17, 15) is 9.59 Å². The number of carbonyl (C=O) groups excluding carboxylic acids is 1. The zero-order valence-corrected chi connectivity index (χ0v) is 15.2. The number of nitrogens with zero attached hydrogens (tertiary/aromatic N) is 4. The number of ether oxygens (including phenoxy) is 1. The van der Waals surface area contributed by atoms with Crippen LogP contribution in [0.25, 0.3) is 11.3 Å². The van der Waals surface area contributed by atoms with Crippen LogP contribution in [0, 0.1) is 6.92 Å². The Morgan fingerprint density at radius 2 is 1.96 bits per heavy atom. The van der Waals surface area contributed by atoms with Gasteiger partial charge in [0.05, 0.1) is 19.3 Å². The van der Waals surface area contributed by atoms with Gasteiger partial charge in [-0.2, -0.15) is 5.10 Å². The fourth-order valence-corrected chi connectivity index (χ4v) is 2.45. The molecule has 9 nitrogen and oxygen atoms in total. The summed E-state index contributed by atoms with van der Waals surface area (Å²) in [5, 5.41) is 14.5. The van der Waals surface area contributed by atoms with Crippen LogP contribution >= 0.6 is 0 Å². The van der Waals surface area contributed by atoms with Crippen molar-refractivity contribution < 1.29 is 13.9 Å². The number of methoxy groups -OCH3 is 1. The Morgan fingerprint density at radius 3 is 2.59 bits per heavy atom. The Kier molecular flexibility index (Phi) is 5.30. The number of benzene rings is 1. The first-order valence-electron chi connectivity index (χ1n) is 8.29. The number of carbonyl (C=O) groups is 1. The molecule has 0 saturated heterocycles. The van der Waals surface area contributed by atoms with E-state index in [0.717, 1.165) is 16.0 Å². The molecule has 140 valence electrons. The molecule has 2 aromatic heterocycles. The van der Waals surface area contributed by atoms with Gasteiger partial charge < -0.3 is 14.5 Å². The molecule has 1 unspecified atom stereocenters. The minimum Gasteiger partial charge on any atom is -0.497 e. The quantitative estimate of drug-likeness (QED) is 0.700. The van der Waals surface area contributed by atoms with Crippen molar-refractivity contribution in [3.63, 3.8) is 0 Å². The summed E-state index contributed by atoms with van der Waals surface area (Å²) in [5.74, 6) is 1.04. The lowest BCUT2D eigenvalue weighted by Gasteiger charge is -2.14. The predicted octanol–water partition coefficient (Wildman–Crippen LogP) is 1.49. The zero-order chi connectivity index (χ0) is 19.4. The molecule has 2 heterocycles. The molecule has 0 aliphatic rings. The second kappa shape index (κ2) is 7.81. The molecule has 3 aromatic rings. The van der Waals surface area contributed by atoms with Crippen molar-refractivity contribution in [1.29, 1.82) is 0 Å². The lowest BCUT2D eigenvalue weighted by atomic mass is 10.1. The Hall–Kier alpha value is -3.49. The van der Waals surface area contributed by atoms with Crippen molar-refractivity contribution in [1.82, 2.24) is 25.3 Å². The highest BCUT2D eigenvalue weighted by atomic mass is 16.5. The van der Waals surface area contributed by atoms with E-state index >= 15 is 0 Å². The maximum atomic E-state index is 12.4. The van der Waals surface area contributed by atoms with Gasteiger partial charge in [0.25, 0.3) is 5.56 Å². The number of hydrogen-bond acceptors (Lipinski definition) is 7. The Morgan fingerprint density at radius 1 is 1.22 bits per heavy atom. The van der Waals surface area contributed by atoms with Crippen LogP contribution in [-0.4, -0.2) is 33.0 Å². The molecule has 0 spiro atoms. The minimum absolute atomic E-state index is 0.0803. The van der Waals surface area contributed by atoms with E-state index in [0.29, 0.717) is 17.5 Å². The number of nitrogens with one attached hydrogen (secondary N) is 1. The zero-order valence-electron chi connectivity index (χ0n) is 15.2. The van der Waals surface area contributed by atoms with E-state index in [1.807, 2.05) is 12.1 Å². The van der Waals surface area contributed by atoms with Gasteiger partial charge in [0, 0.05) is 18.6 Å². The van der Waals surface area contributed by atoms with Crippen molar-refractivity contribution in [2.75, 3.05) is 7.11 Å². The number of hydrogen-bond donors (Lipinski definition) is 1. The van der Waals surface area contributed by atoms with Gasteiger partial charge >= 0.3 is 0 Å². The van der Waals surface area contributed by atoms with Gasteiger partial charge in [-0.05, 0) is 37.3 Å². The molecule has 0 saturated carbocycles. The van der Waals surface area contributed by atoms with Crippen molar-refractivity contribution in [3.8, 4) is 17.0 Å². The number of aromatic nitrogens is 4. The third-order valence-electron chi connectivity index (χ3n) is 3.94. The molecule has 1 atom stereocenters. The molecule has 1 amide bonds. The predicted molar refractivity (Wildman–Crippen MR) is 96.1 cm³/mol. The van der Waals surface area contributed by atoms with Gasteiger partial charge in [-0.15, -0.1) is 10.2 Å². The molecular weight excluding hydrogens is 350 g/mol. The third-order valence-corrected chi connectivity index (χ3v) is 3.94. The average molecular weight is 369 g/mol. The van der Waals surface area contributed by atoms with Crippen LogP contribution < -0.4 is 15.6 Å². The average Bonchev–Trinajstić information content (AvgIpc) is 3.11. The van der Waals surface area contributed by atoms with E-state index in [1.54, 1.807) is 39.2 Å². The second-order valence-electron chi connectivity index (χ2n) is 5.84. The van der Waals surface area contributed by atoms with Crippen molar-refractivity contribution >= 4 is 5.91 Å². The molecule has 0 aliphatic carbocycles. The fourth-order valence-electron chi connectivity index (χ4n) is 2.45. The smallest absolute Gasteiger partial charge is 0.267 e. The second-order valence-corrected chi connectivity index (χ2v) is 5.84. The van der Waals surface area contributed by atoms with Crippen LogP contribution in [0.15, 0.2) is 45.6 Å². The lowest BCUT2D eigenvalue weighted by Crippen LogP contribution is -2.36. The SMILES string of the molecule is COc1ccc(-c2ccc(=O)n(C(C)C(=O)NCc3nnc(C)o3)n2)cc1. The number of amides is 1. The summed E-state index contributed by atoms with van der Waals surface area (Å²) < 4.78 is 11.5. The number of aryl methyl sites for hydroxylation is 1. The molecule has 9 heteroatoms. The Bertz CT molecular complexity index is 993. The fraction of sp³-hybridized carbons (Fsp3) is 0.278. The van der Waals surface area contributed by atoms with Crippen LogP contribution in [0.5, 0.6) is 5.75 Å². The van der Waals surface area contributed by atoms with E-state index in [1.165, 1.54) is 6.07 Å². The topological polar surface area (TPSA) is 112 Å². The molecule has 0 radical (unpaired) electrons. The van der Waals surface area contributed by atoms with Gasteiger partial charge in [-0.25, -0.2) is 4.68 Å². The molecule has 0 aliphatic heterocycles. The summed E-state index contributed by atoms with van der Waals surface area (Å²) in [6.07, 6.45) is 0. The summed E-state index contributed by atoms with van der Waals surface area (Å²) in [7, 11) is 1.59. The van der Waals surface area contributed by atoms with Crippen molar-refractivity contribution in [2.24, 2.45) is 0 Å². The summed E-state index contributed by atoms with van der Waals surface area (Å²) in [5.41, 5.74) is 1.01. The summed E-state index contributed by atoms with van der Waals surface area (Å²) in [6, 6.07) is 9.46. The summed E-state index contributed by atoms with van der Waals surface area (Å²) in [4.78, 5) is 24.6. The highest BCUT2D eigenvalue weighted by molar-refractivity contribution is 5.79. The normalized spacial score (nSPS) is 11.8. The van der Waals surface area contributed by atoms with E-state index in [-0.39, 0.29) is 18.0 Å². The molecule has 3 rings (SSSR count). The van der Waals surface area contributed by atoms with Crippen molar-refractivity contribution in [2.45, 2.75) is 26.4 Å². The maximum Gasteiger partial charge on any atom is 0.267 e. The summed E-state index contributed by atoms with van der Waals surface area (Å²) in [6.45, 7) is 3.34. The minimum atomic E-state index is -0.806. The van der Waals surface area contributed by atoms with Gasteiger partial charge in [0.1, 0.15) is 11.8 Å². The van der Waals surface area contributed by atoms with Gasteiger partial charge in [0.15, 0.2) is 0 Å². The van der Waals surface area contributed by atoms with Crippen LogP contribution in [0.1, 0.15) is 24.7 Å². The van der Waals surface area contributed by atoms with Crippen LogP contribution in [0.4, 0.5) is 0 Å². The largest absolute Gasteiger partial charge is 0.497 e. The van der Waals surface area contributed by atoms with Crippen LogP contribution in [-0.2, 0) is 11.3 Å². The van der Waals surface area contributed by atoms with Crippen LogP contribution in [0.2, 0.25) is 0 Å². The van der Waals surface area contributed by atoms with Gasteiger partial charge in [-0.1, -0.05) is 0 Å². The van der Waals surface area contributed by atoms with Gasteiger partial charge in [-0.3, -0.25) is 9.59 Å². The molecule has 0 fully saturated rings. The van der Waals surface area contributed by atoms with Gasteiger partial charge in [0.2, 0.25) is 17.7 Å². The van der Waals surface area contributed by atoms with E-state index in [4.69, 9.17) is 9.15 Å². The molecule has 0 bridgehead atoms. The Labute approximate surface area is 155 Å².